The molecule has 3 heteroatoms. The highest BCUT2D eigenvalue weighted by molar-refractivity contribution is 7.14. The van der Waals surface area contributed by atoms with Crippen LogP contribution in [0.5, 0.6) is 0 Å². The fraction of sp³-hybridized carbons (Fsp3) is 0.250. The Morgan fingerprint density at radius 3 is 2.33 bits per heavy atom. The van der Waals surface area contributed by atoms with Crippen molar-refractivity contribution in [3.8, 4) is 11.3 Å². The largest absolute Gasteiger partial charge is 0.354 e. The highest BCUT2D eigenvalue weighted by Gasteiger charge is 2.04. The Balaban J connectivity index is 2.33. The first-order chi connectivity index (χ1) is 7.16. The number of anilines is 1. The summed E-state index contributed by atoms with van der Waals surface area (Å²) in [5, 5.41) is 3.14. The molecule has 0 amide bonds. The van der Waals surface area contributed by atoms with Crippen LogP contribution in [0, 0.1) is 6.92 Å². The first-order valence-corrected chi connectivity index (χ1v) is 5.74. The van der Waals surface area contributed by atoms with E-state index in [4.69, 9.17) is 0 Å². The van der Waals surface area contributed by atoms with Crippen LogP contribution < -0.4 is 4.90 Å². The van der Waals surface area contributed by atoms with Gasteiger partial charge in [-0.3, -0.25) is 0 Å². The Kier molecular flexibility index (Phi) is 2.73. The Labute approximate surface area is 94.2 Å². The predicted octanol–water partition coefficient (Wildman–Crippen LogP) is 3.18. The normalized spacial score (nSPS) is 10.3. The zero-order valence-electron chi connectivity index (χ0n) is 9.19. The highest BCUT2D eigenvalue weighted by Crippen LogP contribution is 2.26. The minimum Gasteiger partial charge on any atom is -0.354 e. The van der Waals surface area contributed by atoms with Crippen LogP contribution in [-0.4, -0.2) is 19.1 Å². The molecule has 78 valence electrons. The van der Waals surface area contributed by atoms with Crippen LogP contribution in [0.1, 0.15) is 5.56 Å². The highest BCUT2D eigenvalue weighted by atomic mass is 32.1. The topological polar surface area (TPSA) is 16.1 Å². The Morgan fingerprint density at radius 1 is 1.13 bits per heavy atom. The summed E-state index contributed by atoms with van der Waals surface area (Å²) in [6, 6.07) is 8.46. The molecule has 0 aliphatic heterocycles. The lowest BCUT2D eigenvalue weighted by molar-refractivity contribution is 1.11. The molecule has 0 N–H and O–H groups in total. The number of hydrogen-bond donors (Lipinski definition) is 0. The predicted molar refractivity (Wildman–Crippen MR) is 66.6 cm³/mol. The molecule has 0 saturated heterocycles. The fourth-order valence-corrected chi connectivity index (χ4v) is 2.09. The molecule has 0 unspecified atom stereocenters. The number of aryl methyl sites for hydroxylation is 1. The van der Waals surface area contributed by atoms with Crippen molar-refractivity contribution in [3.63, 3.8) is 0 Å². The quantitative estimate of drug-likeness (QED) is 0.769. The van der Waals surface area contributed by atoms with Crippen molar-refractivity contribution < 1.29 is 0 Å². The summed E-state index contributed by atoms with van der Waals surface area (Å²) < 4.78 is 0. The molecule has 0 radical (unpaired) electrons. The summed E-state index contributed by atoms with van der Waals surface area (Å²) in [6.07, 6.45) is 0. The number of hydrogen-bond acceptors (Lipinski definition) is 3. The molecule has 0 atom stereocenters. The molecule has 1 aromatic heterocycles. The number of benzene rings is 1. The zero-order chi connectivity index (χ0) is 10.8. The molecule has 0 aliphatic rings. The van der Waals surface area contributed by atoms with Gasteiger partial charge >= 0.3 is 0 Å². The molecule has 2 rings (SSSR count). The molecule has 0 fully saturated rings. The molecule has 1 heterocycles. The van der Waals surface area contributed by atoms with Crippen LogP contribution >= 0.6 is 11.3 Å². The minimum atomic E-state index is 1.05. The molecule has 2 nitrogen and oxygen atoms in total. The Morgan fingerprint density at radius 2 is 1.80 bits per heavy atom. The van der Waals surface area contributed by atoms with Crippen molar-refractivity contribution in [3.05, 3.63) is 35.2 Å². The maximum absolute atomic E-state index is 4.55. The van der Waals surface area contributed by atoms with E-state index in [0.29, 0.717) is 0 Å². The second-order valence-electron chi connectivity index (χ2n) is 3.78. The molecule has 0 bridgehead atoms. The molecule has 15 heavy (non-hydrogen) atoms. The second kappa shape index (κ2) is 4.03. The van der Waals surface area contributed by atoms with Crippen LogP contribution in [0.25, 0.3) is 11.3 Å². The Bertz CT molecular complexity index is 443. The maximum Gasteiger partial charge on any atom is 0.185 e. The number of rotatable bonds is 2. The molecule has 0 spiro atoms. The van der Waals surface area contributed by atoms with Crippen molar-refractivity contribution in [2.24, 2.45) is 0 Å². The number of nitrogens with zero attached hydrogens (tertiary/aromatic N) is 2. The van der Waals surface area contributed by atoms with Crippen LogP contribution in [0.15, 0.2) is 29.6 Å². The van der Waals surface area contributed by atoms with E-state index in [1.165, 1.54) is 11.1 Å². The summed E-state index contributed by atoms with van der Waals surface area (Å²) in [5.74, 6) is 0. The number of thiazole rings is 1. The minimum absolute atomic E-state index is 1.05. The molecule has 0 saturated carbocycles. The van der Waals surface area contributed by atoms with Crippen molar-refractivity contribution in [1.82, 2.24) is 4.98 Å². The molecule has 0 aliphatic carbocycles. The SMILES string of the molecule is Cc1ccc(-c2csc(N(C)C)n2)cc1. The van der Waals surface area contributed by atoms with Gasteiger partial charge < -0.3 is 4.90 Å². The van der Waals surface area contributed by atoms with Gasteiger partial charge in [0.15, 0.2) is 5.13 Å². The summed E-state index contributed by atoms with van der Waals surface area (Å²) in [4.78, 5) is 6.58. The van der Waals surface area contributed by atoms with E-state index in [0.717, 1.165) is 10.8 Å². The van der Waals surface area contributed by atoms with E-state index in [1.807, 2.05) is 19.0 Å². The number of aromatic nitrogens is 1. The summed E-state index contributed by atoms with van der Waals surface area (Å²) in [5.41, 5.74) is 3.52. The van der Waals surface area contributed by atoms with E-state index in [1.54, 1.807) is 11.3 Å². The summed E-state index contributed by atoms with van der Waals surface area (Å²) in [6.45, 7) is 2.09. The van der Waals surface area contributed by atoms with E-state index < -0.39 is 0 Å². The smallest absolute Gasteiger partial charge is 0.185 e. The van der Waals surface area contributed by atoms with E-state index >= 15 is 0 Å². The first-order valence-electron chi connectivity index (χ1n) is 4.87. The van der Waals surface area contributed by atoms with Gasteiger partial charge in [-0.15, -0.1) is 11.3 Å². The average Bonchev–Trinajstić information content (AvgIpc) is 2.68. The van der Waals surface area contributed by atoms with Crippen molar-refractivity contribution in [2.45, 2.75) is 6.92 Å². The summed E-state index contributed by atoms with van der Waals surface area (Å²) in [7, 11) is 4.02. The van der Waals surface area contributed by atoms with Crippen LogP contribution in [0.3, 0.4) is 0 Å². The third kappa shape index (κ3) is 2.18. The fourth-order valence-electron chi connectivity index (χ4n) is 1.33. The Hall–Kier alpha value is -1.35. The maximum atomic E-state index is 4.55. The van der Waals surface area contributed by atoms with Gasteiger partial charge in [0, 0.05) is 25.0 Å². The lowest BCUT2D eigenvalue weighted by Crippen LogP contribution is -2.07. The molecule has 2 aromatic rings. The lowest BCUT2D eigenvalue weighted by atomic mass is 10.1. The van der Waals surface area contributed by atoms with Gasteiger partial charge in [-0.2, -0.15) is 0 Å². The first kappa shape index (κ1) is 10.2. The van der Waals surface area contributed by atoms with Crippen molar-refractivity contribution >= 4 is 16.5 Å². The molecular weight excluding hydrogens is 204 g/mol. The lowest BCUT2D eigenvalue weighted by Gasteiger charge is -2.05. The van der Waals surface area contributed by atoms with Gasteiger partial charge in [0.2, 0.25) is 0 Å². The van der Waals surface area contributed by atoms with E-state index in [2.05, 4.69) is 41.6 Å². The van der Waals surface area contributed by atoms with E-state index in [9.17, 15) is 0 Å². The van der Waals surface area contributed by atoms with E-state index in [-0.39, 0.29) is 0 Å². The molecule has 1 aromatic carbocycles. The monoisotopic (exact) mass is 218 g/mol. The van der Waals surface area contributed by atoms with Gasteiger partial charge in [0.25, 0.3) is 0 Å². The van der Waals surface area contributed by atoms with Gasteiger partial charge in [-0.25, -0.2) is 4.98 Å². The van der Waals surface area contributed by atoms with Gasteiger partial charge in [-0.1, -0.05) is 29.8 Å². The average molecular weight is 218 g/mol. The molecular formula is C12H14N2S. The third-order valence-electron chi connectivity index (χ3n) is 2.22. The van der Waals surface area contributed by atoms with Gasteiger partial charge in [0.05, 0.1) is 5.69 Å². The standard InChI is InChI=1S/C12H14N2S/c1-9-4-6-10(7-5-9)11-8-15-12(13-11)14(2)3/h4-8H,1-3H3. The van der Waals surface area contributed by atoms with Crippen LogP contribution in [0.4, 0.5) is 5.13 Å². The zero-order valence-corrected chi connectivity index (χ0v) is 10.0. The van der Waals surface area contributed by atoms with Gasteiger partial charge in [0.1, 0.15) is 0 Å². The van der Waals surface area contributed by atoms with Gasteiger partial charge in [-0.05, 0) is 6.92 Å². The summed E-state index contributed by atoms with van der Waals surface area (Å²) >= 11 is 1.67. The van der Waals surface area contributed by atoms with Crippen LogP contribution in [-0.2, 0) is 0 Å². The second-order valence-corrected chi connectivity index (χ2v) is 4.61. The van der Waals surface area contributed by atoms with Crippen LogP contribution in [0.2, 0.25) is 0 Å². The van der Waals surface area contributed by atoms with Crippen molar-refractivity contribution in [2.75, 3.05) is 19.0 Å². The third-order valence-corrected chi connectivity index (χ3v) is 3.23. The van der Waals surface area contributed by atoms with Crippen molar-refractivity contribution in [1.29, 1.82) is 0 Å².